The van der Waals surface area contributed by atoms with Crippen LogP contribution in [-0.2, 0) is 11.3 Å². The average Bonchev–Trinajstić information content (AvgIpc) is 2.78. The zero-order chi connectivity index (χ0) is 17.9. The van der Waals surface area contributed by atoms with Crippen LogP contribution in [0, 0.1) is 0 Å². The van der Waals surface area contributed by atoms with Crippen LogP contribution in [-0.4, -0.2) is 12.5 Å². The standard InChI is InChI=1S/C22H19BrN2O/c23-18-11-12-20-19(13-18)22(17-9-5-2-6-10-17)25(15-21(26)24-20)14-16-7-3-1-4-8-16/h1-13,22H,14-15H2,(H,24,26)/p+1/t22-/m0/s1. The number of amides is 1. The van der Waals surface area contributed by atoms with E-state index in [1.807, 2.05) is 24.3 Å². The van der Waals surface area contributed by atoms with Gasteiger partial charge in [-0.25, -0.2) is 0 Å². The molecule has 1 heterocycles. The number of anilines is 1. The Labute approximate surface area is 161 Å². The zero-order valence-corrected chi connectivity index (χ0v) is 15.9. The number of halogens is 1. The summed E-state index contributed by atoms with van der Waals surface area (Å²) >= 11 is 3.60. The molecule has 3 nitrogen and oxygen atoms in total. The minimum Gasteiger partial charge on any atom is -0.321 e. The van der Waals surface area contributed by atoms with E-state index in [4.69, 9.17) is 0 Å². The molecule has 0 aliphatic carbocycles. The van der Waals surface area contributed by atoms with Crippen molar-refractivity contribution in [2.45, 2.75) is 12.6 Å². The predicted molar refractivity (Wildman–Crippen MR) is 107 cm³/mol. The number of benzene rings is 3. The quantitative estimate of drug-likeness (QED) is 0.683. The molecule has 0 saturated heterocycles. The van der Waals surface area contributed by atoms with Gasteiger partial charge in [0.1, 0.15) is 12.6 Å². The third-order valence-corrected chi connectivity index (χ3v) is 5.29. The van der Waals surface area contributed by atoms with E-state index >= 15 is 0 Å². The fraction of sp³-hybridized carbons (Fsp3) is 0.136. The number of carbonyl (C=O) groups excluding carboxylic acids is 1. The molecule has 1 aliphatic rings. The van der Waals surface area contributed by atoms with E-state index in [-0.39, 0.29) is 11.9 Å². The van der Waals surface area contributed by atoms with Gasteiger partial charge in [0.15, 0.2) is 6.54 Å². The molecule has 26 heavy (non-hydrogen) atoms. The van der Waals surface area contributed by atoms with Gasteiger partial charge in [0, 0.05) is 21.2 Å². The highest BCUT2D eigenvalue weighted by atomic mass is 79.9. The van der Waals surface area contributed by atoms with Crippen LogP contribution in [0.4, 0.5) is 5.69 Å². The molecule has 0 bridgehead atoms. The molecule has 0 radical (unpaired) electrons. The van der Waals surface area contributed by atoms with Gasteiger partial charge in [-0.05, 0) is 18.2 Å². The van der Waals surface area contributed by atoms with Crippen molar-refractivity contribution in [2.24, 2.45) is 0 Å². The summed E-state index contributed by atoms with van der Waals surface area (Å²) in [7, 11) is 0. The first-order valence-electron chi connectivity index (χ1n) is 8.73. The van der Waals surface area contributed by atoms with E-state index < -0.39 is 0 Å². The molecule has 0 fully saturated rings. The number of quaternary nitrogens is 1. The third-order valence-electron chi connectivity index (χ3n) is 4.80. The first kappa shape index (κ1) is 17.0. The number of carbonyl (C=O) groups is 1. The largest absolute Gasteiger partial charge is 0.321 e. The SMILES string of the molecule is O=C1C[NH+](Cc2ccccc2)[C@@H](c2ccccc2)c2cc(Br)ccc2N1. The van der Waals surface area contributed by atoms with Crippen LogP contribution in [0.2, 0.25) is 0 Å². The average molecular weight is 408 g/mol. The zero-order valence-electron chi connectivity index (χ0n) is 14.3. The van der Waals surface area contributed by atoms with Gasteiger partial charge in [0.2, 0.25) is 0 Å². The molecular weight excluding hydrogens is 388 g/mol. The summed E-state index contributed by atoms with van der Waals surface area (Å²) in [6.45, 7) is 1.22. The van der Waals surface area contributed by atoms with E-state index in [9.17, 15) is 4.79 Å². The minimum absolute atomic E-state index is 0.0536. The summed E-state index contributed by atoms with van der Waals surface area (Å²) < 4.78 is 1.02. The summed E-state index contributed by atoms with van der Waals surface area (Å²) in [5.74, 6) is 0.0536. The molecule has 2 atom stereocenters. The van der Waals surface area contributed by atoms with Crippen LogP contribution in [0.3, 0.4) is 0 Å². The third kappa shape index (κ3) is 3.57. The normalized spacial score (nSPS) is 19.3. The molecule has 1 amide bonds. The smallest absolute Gasteiger partial charge is 0.279 e. The van der Waals surface area contributed by atoms with E-state index in [0.29, 0.717) is 6.54 Å². The lowest BCUT2D eigenvalue weighted by Gasteiger charge is -2.27. The second-order valence-corrected chi connectivity index (χ2v) is 7.54. The number of hydrogen-bond donors (Lipinski definition) is 2. The predicted octanol–water partition coefficient (Wildman–Crippen LogP) is 3.58. The van der Waals surface area contributed by atoms with Gasteiger partial charge >= 0.3 is 0 Å². The number of fused-ring (bicyclic) bond motifs is 1. The van der Waals surface area contributed by atoms with Gasteiger partial charge in [-0.15, -0.1) is 0 Å². The molecule has 3 aromatic carbocycles. The molecule has 2 N–H and O–H groups in total. The van der Waals surface area contributed by atoms with Crippen molar-refractivity contribution >= 4 is 27.5 Å². The Kier molecular flexibility index (Phi) is 4.87. The van der Waals surface area contributed by atoms with Gasteiger partial charge < -0.3 is 10.2 Å². The Morgan fingerprint density at radius 3 is 2.38 bits per heavy atom. The lowest BCUT2D eigenvalue weighted by atomic mass is 9.95. The van der Waals surface area contributed by atoms with E-state index in [2.05, 4.69) is 75.8 Å². The molecule has 1 aliphatic heterocycles. The summed E-state index contributed by atoms with van der Waals surface area (Å²) in [6.07, 6.45) is 0. The molecule has 0 saturated carbocycles. The van der Waals surface area contributed by atoms with Gasteiger partial charge in [-0.2, -0.15) is 0 Å². The number of rotatable bonds is 3. The van der Waals surface area contributed by atoms with Gasteiger partial charge in [0.05, 0.1) is 5.69 Å². The Morgan fingerprint density at radius 2 is 1.65 bits per heavy atom. The molecule has 0 aromatic heterocycles. The van der Waals surface area contributed by atoms with Gasteiger partial charge in [-0.3, -0.25) is 4.79 Å². The van der Waals surface area contributed by atoms with Crippen molar-refractivity contribution in [3.8, 4) is 0 Å². The van der Waals surface area contributed by atoms with Crippen molar-refractivity contribution in [1.82, 2.24) is 0 Å². The van der Waals surface area contributed by atoms with E-state index in [1.165, 1.54) is 16.0 Å². The van der Waals surface area contributed by atoms with Crippen molar-refractivity contribution in [2.75, 3.05) is 11.9 Å². The summed E-state index contributed by atoms with van der Waals surface area (Å²) in [6, 6.07) is 27.0. The molecule has 4 heteroatoms. The number of hydrogen-bond acceptors (Lipinski definition) is 1. The molecule has 130 valence electrons. The maximum absolute atomic E-state index is 12.6. The molecule has 0 spiro atoms. The first-order chi connectivity index (χ1) is 12.7. The summed E-state index contributed by atoms with van der Waals surface area (Å²) in [4.78, 5) is 13.8. The summed E-state index contributed by atoms with van der Waals surface area (Å²) in [5.41, 5.74) is 4.49. The van der Waals surface area contributed by atoms with Crippen LogP contribution >= 0.6 is 15.9 Å². The second kappa shape index (κ2) is 7.44. The van der Waals surface area contributed by atoms with E-state index in [0.717, 1.165) is 22.3 Å². The lowest BCUT2D eigenvalue weighted by Crippen LogP contribution is -3.12. The second-order valence-electron chi connectivity index (χ2n) is 6.62. The Bertz CT molecular complexity index is 912. The fourth-order valence-electron chi connectivity index (χ4n) is 3.69. The van der Waals surface area contributed by atoms with Crippen molar-refractivity contribution in [1.29, 1.82) is 0 Å². The van der Waals surface area contributed by atoms with Crippen molar-refractivity contribution in [3.05, 3.63) is 100 Å². The minimum atomic E-state index is 0.0536. The van der Waals surface area contributed by atoms with Crippen molar-refractivity contribution < 1.29 is 9.69 Å². The van der Waals surface area contributed by atoms with Crippen molar-refractivity contribution in [3.63, 3.8) is 0 Å². The molecular formula is C22H20BrN2O+. The fourth-order valence-corrected chi connectivity index (χ4v) is 4.07. The molecule has 3 aromatic rings. The molecule has 1 unspecified atom stereocenters. The maximum atomic E-state index is 12.6. The highest BCUT2D eigenvalue weighted by molar-refractivity contribution is 9.10. The highest BCUT2D eigenvalue weighted by Crippen LogP contribution is 2.30. The monoisotopic (exact) mass is 407 g/mol. The first-order valence-corrected chi connectivity index (χ1v) is 9.53. The van der Waals surface area contributed by atoms with Crippen LogP contribution in [0.25, 0.3) is 0 Å². The number of nitrogens with one attached hydrogen (secondary N) is 2. The van der Waals surface area contributed by atoms with Crippen LogP contribution in [0.15, 0.2) is 83.3 Å². The van der Waals surface area contributed by atoms with Crippen LogP contribution < -0.4 is 10.2 Å². The molecule has 4 rings (SSSR count). The highest BCUT2D eigenvalue weighted by Gasteiger charge is 2.33. The van der Waals surface area contributed by atoms with E-state index in [1.54, 1.807) is 0 Å². The van der Waals surface area contributed by atoms with Gasteiger partial charge in [-0.1, -0.05) is 76.6 Å². The van der Waals surface area contributed by atoms with Gasteiger partial charge in [0.25, 0.3) is 5.91 Å². The Hall–Kier alpha value is -2.43. The van der Waals surface area contributed by atoms with Crippen LogP contribution in [0.5, 0.6) is 0 Å². The lowest BCUT2D eigenvalue weighted by molar-refractivity contribution is -0.931. The maximum Gasteiger partial charge on any atom is 0.279 e. The topological polar surface area (TPSA) is 33.5 Å². The Morgan fingerprint density at radius 1 is 0.962 bits per heavy atom. The summed E-state index contributed by atoms with van der Waals surface area (Å²) in [5, 5.41) is 3.08. The Balaban J connectivity index is 1.83. The van der Waals surface area contributed by atoms with Crippen LogP contribution in [0.1, 0.15) is 22.7 Å².